The van der Waals surface area contributed by atoms with Crippen LogP contribution in [0, 0.1) is 5.92 Å². The number of ether oxygens (including phenoxy) is 1. The molecule has 2 rings (SSSR count). The maximum absolute atomic E-state index is 12.1. The first-order valence-corrected chi connectivity index (χ1v) is 8.19. The Labute approximate surface area is 141 Å². The molecule has 0 radical (unpaired) electrons. The standard InChI is InChI=1S/C18H23NO5/c1-24-15-7-5-13(6-8-15)16(20)3-2-4-17(21)19-11-9-14(10-12-19)18(22)23/h5-8,14H,2-4,9-12H2,1H3,(H,22,23). The lowest BCUT2D eigenvalue weighted by atomic mass is 9.96. The van der Waals surface area contributed by atoms with Gasteiger partial charge in [-0.3, -0.25) is 14.4 Å². The Morgan fingerprint density at radius 2 is 1.75 bits per heavy atom. The fourth-order valence-corrected chi connectivity index (χ4v) is 2.86. The number of Topliss-reactive ketones (excluding diaryl/α,β-unsaturated/α-hetero) is 1. The number of rotatable bonds is 7. The summed E-state index contributed by atoms with van der Waals surface area (Å²) in [5.41, 5.74) is 0.616. The Hall–Kier alpha value is -2.37. The van der Waals surface area contributed by atoms with E-state index in [1.165, 1.54) is 0 Å². The Kier molecular flexibility index (Phi) is 6.35. The van der Waals surface area contributed by atoms with E-state index in [2.05, 4.69) is 0 Å². The Bertz CT molecular complexity index is 588. The second kappa shape index (κ2) is 8.47. The first-order chi connectivity index (χ1) is 11.5. The highest BCUT2D eigenvalue weighted by atomic mass is 16.5. The van der Waals surface area contributed by atoms with Gasteiger partial charge in [0.1, 0.15) is 5.75 Å². The van der Waals surface area contributed by atoms with Gasteiger partial charge in [0, 0.05) is 31.5 Å². The number of carbonyl (C=O) groups excluding carboxylic acids is 2. The molecule has 0 saturated carbocycles. The number of likely N-dealkylation sites (tertiary alicyclic amines) is 1. The lowest BCUT2D eigenvalue weighted by Crippen LogP contribution is -2.40. The van der Waals surface area contributed by atoms with Crippen molar-refractivity contribution in [3.05, 3.63) is 29.8 Å². The molecule has 1 fully saturated rings. The van der Waals surface area contributed by atoms with E-state index >= 15 is 0 Å². The zero-order valence-electron chi connectivity index (χ0n) is 13.9. The molecule has 1 aromatic rings. The van der Waals surface area contributed by atoms with Gasteiger partial charge in [-0.25, -0.2) is 0 Å². The Morgan fingerprint density at radius 1 is 1.12 bits per heavy atom. The van der Waals surface area contributed by atoms with E-state index in [-0.39, 0.29) is 17.6 Å². The maximum atomic E-state index is 12.1. The van der Waals surface area contributed by atoms with Gasteiger partial charge >= 0.3 is 5.97 Å². The Balaban J connectivity index is 1.72. The molecule has 0 unspecified atom stereocenters. The summed E-state index contributed by atoms with van der Waals surface area (Å²) in [6.45, 7) is 0.977. The largest absolute Gasteiger partial charge is 0.497 e. The van der Waals surface area contributed by atoms with Gasteiger partial charge in [0.05, 0.1) is 13.0 Å². The van der Waals surface area contributed by atoms with Crippen LogP contribution in [-0.2, 0) is 9.59 Å². The molecule has 0 aliphatic carbocycles. The number of benzene rings is 1. The molecule has 1 heterocycles. The van der Waals surface area contributed by atoms with Crippen LogP contribution in [0.5, 0.6) is 5.75 Å². The smallest absolute Gasteiger partial charge is 0.306 e. The minimum absolute atomic E-state index is 0.00127. The van der Waals surface area contributed by atoms with Crippen molar-refractivity contribution in [3.8, 4) is 5.75 Å². The third-order valence-electron chi connectivity index (χ3n) is 4.40. The van der Waals surface area contributed by atoms with Crippen LogP contribution in [-0.4, -0.2) is 47.9 Å². The van der Waals surface area contributed by atoms with Crippen molar-refractivity contribution in [2.45, 2.75) is 32.1 Å². The minimum Gasteiger partial charge on any atom is -0.497 e. The number of ketones is 1. The number of carboxylic acid groups (broad SMARTS) is 1. The fourth-order valence-electron chi connectivity index (χ4n) is 2.86. The number of methoxy groups -OCH3 is 1. The van der Waals surface area contributed by atoms with Crippen molar-refractivity contribution >= 4 is 17.7 Å². The second-order valence-electron chi connectivity index (χ2n) is 6.00. The topological polar surface area (TPSA) is 83.9 Å². The van der Waals surface area contributed by atoms with Crippen molar-refractivity contribution in [1.29, 1.82) is 0 Å². The number of hydrogen-bond acceptors (Lipinski definition) is 4. The lowest BCUT2D eigenvalue weighted by molar-refractivity contribution is -0.145. The van der Waals surface area contributed by atoms with E-state index in [1.54, 1.807) is 36.3 Å². The van der Waals surface area contributed by atoms with Crippen molar-refractivity contribution in [3.63, 3.8) is 0 Å². The van der Waals surface area contributed by atoms with E-state index in [0.717, 1.165) is 0 Å². The lowest BCUT2D eigenvalue weighted by Gasteiger charge is -2.30. The molecule has 1 aromatic carbocycles. The van der Waals surface area contributed by atoms with E-state index in [9.17, 15) is 14.4 Å². The number of hydrogen-bond donors (Lipinski definition) is 1. The Morgan fingerprint density at radius 3 is 2.29 bits per heavy atom. The molecule has 24 heavy (non-hydrogen) atoms. The van der Waals surface area contributed by atoms with E-state index < -0.39 is 5.97 Å². The average Bonchev–Trinajstić information content (AvgIpc) is 2.61. The first kappa shape index (κ1) is 18.0. The van der Waals surface area contributed by atoms with Crippen molar-refractivity contribution in [2.24, 2.45) is 5.92 Å². The van der Waals surface area contributed by atoms with Gasteiger partial charge in [0.2, 0.25) is 5.91 Å². The maximum Gasteiger partial charge on any atom is 0.306 e. The molecular weight excluding hydrogens is 310 g/mol. The summed E-state index contributed by atoms with van der Waals surface area (Å²) < 4.78 is 5.05. The quantitative estimate of drug-likeness (QED) is 0.775. The van der Waals surface area contributed by atoms with Crippen LogP contribution in [0.3, 0.4) is 0 Å². The number of carbonyl (C=O) groups is 3. The van der Waals surface area contributed by atoms with E-state index in [1.807, 2.05) is 0 Å². The predicted octanol–water partition coefficient (Wildman–Crippen LogP) is 2.37. The summed E-state index contributed by atoms with van der Waals surface area (Å²) in [6.07, 6.45) is 2.16. The molecule has 0 bridgehead atoms. The fraction of sp³-hybridized carbons (Fsp3) is 0.500. The minimum atomic E-state index is -0.785. The molecule has 6 nitrogen and oxygen atoms in total. The summed E-state index contributed by atoms with van der Waals surface area (Å²) in [6, 6.07) is 6.93. The molecule has 1 aliphatic heterocycles. The highest BCUT2D eigenvalue weighted by Gasteiger charge is 2.26. The zero-order chi connectivity index (χ0) is 17.5. The normalized spacial score (nSPS) is 15.1. The van der Waals surface area contributed by atoms with Gasteiger partial charge in [-0.1, -0.05) is 0 Å². The zero-order valence-corrected chi connectivity index (χ0v) is 13.9. The van der Waals surface area contributed by atoms with E-state index in [0.29, 0.717) is 56.5 Å². The molecule has 6 heteroatoms. The van der Waals surface area contributed by atoms with E-state index in [4.69, 9.17) is 9.84 Å². The molecule has 0 spiro atoms. The van der Waals surface area contributed by atoms with Crippen LogP contribution in [0.15, 0.2) is 24.3 Å². The van der Waals surface area contributed by atoms with Gasteiger partial charge in [-0.15, -0.1) is 0 Å². The highest BCUT2D eigenvalue weighted by Crippen LogP contribution is 2.19. The van der Waals surface area contributed by atoms with Gasteiger partial charge < -0.3 is 14.7 Å². The van der Waals surface area contributed by atoms with Crippen LogP contribution in [0.1, 0.15) is 42.5 Å². The second-order valence-corrected chi connectivity index (χ2v) is 6.00. The SMILES string of the molecule is COc1ccc(C(=O)CCCC(=O)N2CCC(C(=O)O)CC2)cc1. The molecule has 0 atom stereocenters. The predicted molar refractivity (Wildman–Crippen MR) is 88.1 cm³/mol. The highest BCUT2D eigenvalue weighted by molar-refractivity contribution is 5.96. The van der Waals surface area contributed by atoms with Gasteiger partial charge in [-0.05, 0) is 43.5 Å². The number of piperidine rings is 1. The molecule has 1 amide bonds. The van der Waals surface area contributed by atoms with Crippen LogP contribution in [0.4, 0.5) is 0 Å². The van der Waals surface area contributed by atoms with Crippen molar-refractivity contribution in [2.75, 3.05) is 20.2 Å². The average molecular weight is 333 g/mol. The monoisotopic (exact) mass is 333 g/mol. The number of carboxylic acids is 1. The summed E-state index contributed by atoms with van der Waals surface area (Å²) in [7, 11) is 1.57. The van der Waals surface area contributed by atoms with Crippen molar-refractivity contribution < 1.29 is 24.2 Å². The molecule has 130 valence electrons. The molecule has 0 aromatic heterocycles. The third-order valence-corrected chi connectivity index (χ3v) is 4.40. The van der Waals surface area contributed by atoms with Gasteiger partial charge in [0.25, 0.3) is 0 Å². The van der Waals surface area contributed by atoms with Gasteiger partial charge in [-0.2, -0.15) is 0 Å². The summed E-state index contributed by atoms with van der Waals surface area (Å²) in [5.74, 6) is -0.416. The summed E-state index contributed by atoms with van der Waals surface area (Å²) in [4.78, 5) is 36.8. The van der Waals surface area contributed by atoms with Gasteiger partial charge in [0.15, 0.2) is 5.78 Å². The van der Waals surface area contributed by atoms with Crippen LogP contribution in [0.2, 0.25) is 0 Å². The van der Waals surface area contributed by atoms with Crippen LogP contribution in [0.25, 0.3) is 0 Å². The molecule has 1 aliphatic rings. The first-order valence-electron chi connectivity index (χ1n) is 8.19. The molecular formula is C18H23NO5. The molecule has 1 N–H and O–H groups in total. The number of amides is 1. The molecule has 1 saturated heterocycles. The van der Waals surface area contributed by atoms with Crippen LogP contribution < -0.4 is 4.74 Å². The third kappa shape index (κ3) is 4.81. The summed E-state index contributed by atoms with van der Waals surface area (Å²) in [5, 5.41) is 8.96. The van der Waals surface area contributed by atoms with Crippen LogP contribution >= 0.6 is 0 Å². The number of nitrogens with zero attached hydrogens (tertiary/aromatic N) is 1. The summed E-state index contributed by atoms with van der Waals surface area (Å²) >= 11 is 0. The number of aliphatic carboxylic acids is 1. The van der Waals surface area contributed by atoms with Crippen molar-refractivity contribution in [1.82, 2.24) is 4.90 Å².